The van der Waals surface area contributed by atoms with Crippen LogP contribution in [0.2, 0.25) is 0 Å². The first-order chi connectivity index (χ1) is 11.1. The van der Waals surface area contributed by atoms with Crippen LogP contribution in [0.15, 0.2) is 30.9 Å². The molecule has 0 atom stereocenters. The Kier molecular flexibility index (Phi) is 7.29. The van der Waals surface area contributed by atoms with E-state index in [1.165, 1.54) is 18.2 Å². The summed E-state index contributed by atoms with van der Waals surface area (Å²) in [5.74, 6) is -0.110. The maximum atomic E-state index is 12.3. The second-order valence-electron chi connectivity index (χ2n) is 4.68. The predicted molar refractivity (Wildman–Crippen MR) is 92.3 cm³/mol. The van der Waals surface area contributed by atoms with Crippen LogP contribution in [0.3, 0.4) is 0 Å². The van der Waals surface area contributed by atoms with E-state index in [-0.39, 0.29) is 43.0 Å². The van der Waals surface area contributed by atoms with Crippen LogP contribution in [0.4, 0.5) is 4.79 Å². The Balaban J connectivity index is 0.00000288. The van der Waals surface area contributed by atoms with Crippen LogP contribution < -0.4 is 10.1 Å². The van der Waals surface area contributed by atoms with E-state index in [0.717, 1.165) is 0 Å². The number of rotatable bonds is 7. The van der Waals surface area contributed by atoms with Gasteiger partial charge in [0.15, 0.2) is 5.78 Å². The average Bonchev–Trinajstić information content (AvgIpc) is 2.92. The van der Waals surface area contributed by atoms with Crippen molar-refractivity contribution in [2.75, 3.05) is 19.7 Å². The fourth-order valence-corrected chi connectivity index (χ4v) is 2.10. The van der Waals surface area contributed by atoms with Gasteiger partial charge in [-0.1, -0.05) is 6.08 Å². The largest absolute Gasteiger partial charge is 0.515 e. The van der Waals surface area contributed by atoms with Gasteiger partial charge < -0.3 is 24.9 Å². The first-order valence-electron chi connectivity index (χ1n) is 7.11. The van der Waals surface area contributed by atoms with Gasteiger partial charge in [-0.25, -0.2) is 4.79 Å². The van der Waals surface area contributed by atoms with E-state index in [2.05, 4.69) is 21.6 Å². The molecule has 3 N–H and O–H groups in total. The summed E-state index contributed by atoms with van der Waals surface area (Å²) in [6.45, 7) is 6.05. The van der Waals surface area contributed by atoms with Gasteiger partial charge in [0.2, 0.25) is 5.88 Å². The fraction of sp³-hybridized carbons (Fsp3) is 0.250. The third-order valence-corrected chi connectivity index (χ3v) is 3.08. The highest BCUT2D eigenvalue weighted by Gasteiger charge is 2.16. The Morgan fingerprint density at radius 3 is 2.83 bits per heavy atom. The number of aromatic nitrogens is 1. The molecular weight excluding hydrogens is 336 g/mol. The number of hydrogen-bond acceptors (Lipinski definition) is 6. The molecule has 2 aromatic rings. The number of carbonyl (C=O) groups excluding carboxylic acids is 2. The average molecular weight is 355 g/mol. The van der Waals surface area contributed by atoms with Gasteiger partial charge in [0.25, 0.3) is 0 Å². The van der Waals surface area contributed by atoms with Crippen molar-refractivity contribution in [1.29, 1.82) is 0 Å². The number of phenolic OH excluding ortho intramolecular Hbond substituents is 1. The molecule has 8 heteroatoms. The monoisotopic (exact) mass is 354 g/mol. The van der Waals surface area contributed by atoms with Gasteiger partial charge in [-0.05, 0) is 19.1 Å². The summed E-state index contributed by atoms with van der Waals surface area (Å²) in [4.78, 5) is 26.4. The van der Waals surface area contributed by atoms with Gasteiger partial charge in [0.1, 0.15) is 5.75 Å². The number of Topliss-reactive ketones (excluding diaryl/α,β-unsaturated/α-hetero) is 1. The van der Waals surface area contributed by atoms with E-state index in [1.54, 1.807) is 13.0 Å². The number of hydrogen-bond donors (Lipinski definition) is 3. The third kappa shape index (κ3) is 4.50. The van der Waals surface area contributed by atoms with Crippen LogP contribution in [0.1, 0.15) is 17.3 Å². The molecule has 0 saturated heterocycles. The van der Waals surface area contributed by atoms with E-state index < -0.39 is 6.16 Å². The lowest BCUT2D eigenvalue weighted by atomic mass is 10.1. The minimum Gasteiger partial charge on any atom is -0.506 e. The Morgan fingerprint density at radius 1 is 1.42 bits per heavy atom. The molecule has 0 fully saturated rings. The third-order valence-electron chi connectivity index (χ3n) is 3.08. The maximum Gasteiger partial charge on any atom is 0.515 e. The summed E-state index contributed by atoms with van der Waals surface area (Å²) < 4.78 is 9.65. The molecule has 0 unspecified atom stereocenters. The highest BCUT2D eigenvalue weighted by atomic mass is 35.5. The lowest BCUT2D eigenvalue weighted by molar-refractivity contribution is 0.0992. The molecule has 0 aliphatic heterocycles. The molecule has 0 radical (unpaired) electrons. The van der Waals surface area contributed by atoms with Gasteiger partial charge in [-0.3, -0.25) is 4.79 Å². The molecule has 0 bridgehead atoms. The molecule has 7 nitrogen and oxygen atoms in total. The van der Waals surface area contributed by atoms with Gasteiger partial charge in [0.05, 0.1) is 18.7 Å². The van der Waals surface area contributed by atoms with E-state index >= 15 is 0 Å². The number of phenols is 1. The van der Waals surface area contributed by atoms with Crippen molar-refractivity contribution in [3.05, 3.63) is 36.4 Å². The predicted octanol–water partition coefficient (Wildman–Crippen LogP) is 2.79. The normalized spacial score (nSPS) is 10.0. The number of aromatic hydroxyl groups is 1. The van der Waals surface area contributed by atoms with E-state index in [1.807, 2.05) is 0 Å². The van der Waals surface area contributed by atoms with E-state index in [0.29, 0.717) is 23.0 Å². The van der Waals surface area contributed by atoms with E-state index in [4.69, 9.17) is 4.74 Å². The van der Waals surface area contributed by atoms with Crippen LogP contribution >= 0.6 is 12.4 Å². The minimum atomic E-state index is -0.862. The van der Waals surface area contributed by atoms with Crippen molar-refractivity contribution < 1.29 is 24.2 Å². The molecule has 0 amide bonds. The Bertz CT molecular complexity index is 741. The lowest BCUT2D eigenvalue weighted by Gasteiger charge is -2.04. The van der Waals surface area contributed by atoms with Crippen LogP contribution in [0.5, 0.6) is 11.6 Å². The number of benzene rings is 1. The van der Waals surface area contributed by atoms with Crippen molar-refractivity contribution in [3.8, 4) is 11.6 Å². The summed E-state index contributed by atoms with van der Waals surface area (Å²) in [6.07, 6.45) is 0.792. The van der Waals surface area contributed by atoms with Crippen molar-refractivity contribution >= 4 is 35.2 Å². The number of aromatic amines is 1. The Hall–Kier alpha value is -2.51. The minimum absolute atomic E-state index is 0. The van der Waals surface area contributed by atoms with Gasteiger partial charge >= 0.3 is 6.16 Å². The molecule has 2 rings (SSSR count). The van der Waals surface area contributed by atoms with Crippen molar-refractivity contribution in [2.45, 2.75) is 6.92 Å². The quantitative estimate of drug-likeness (QED) is 0.306. The van der Waals surface area contributed by atoms with Crippen molar-refractivity contribution in [1.82, 2.24) is 10.3 Å². The second-order valence-corrected chi connectivity index (χ2v) is 4.68. The van der Waals surface area contributed by atoms with Crippen molar-refractivity contribution in [3.63, 3.8) is 0 Å². The van der Waals surface area contributed by atoms with Gasteiger partial charge in [-0.2, -0.15) is 0 Å². The standard InChI is InChI=1S/C16H18N2O5.ClH/c1-3-7-17-9-13(20)10-5-6-12(19)15-11(10)8-14(18-15)23-16(21)22-4-2;/h3,5-6,8,17-19H,1,4,7,9H2,2H3;1H. The number of H-pyrrole nitrogens is 1. The van der Waals surface area contributed by atoms with Crippen molar-refractivity contribution in [2.24, 2.45) is 0 Å². The van der Waals surface area contributed by atoms with Gasteiger partial charge in [0, 0.05) is 23.6 Å². The molecule has 1 heterocycles. The fourth-order valence-electron chi connectivity index (χ4n) is 2.10. The summed E-state index contributed by atoms with van der Waals surface area (Å²) in [6, 6.07) is 4.41. The van der Waals surface area contributed by atoms with Crippen LogP contribution in [-0.2, 0) is 4.74 Å². The number of ketones is 1. The molecule has 1 aromatic heterocycles. The zero-order valence-corrected chi connectivity index (χ0v) is 13.9. The maximum absolute atomic E-state index is 12.3. The Labute approximate surface area is 145 Å². The molecule has 24 heavy (non-hydrogen) atoms. The smallest absolute Gasteiger partial charge is 0.506 e. The van der Waals surface area contributed by atoms with Crippen LogP contribution in [-0.4, -0.2) is 41.7 Å². The second kappa shape index (κ2) is 8.95. The number of nitrogens with one attached hydrogen (secondary N) is 2. The number of ether oxygens (including phenoxy) is 2. The zero-order chi connectivity index (χ0) is 16.8. The summed E-state index contributed by atoms with van der Waals surface area (Å²) in [5, 5.41) is 13.3. The van der Waals surface area contributed by atoms with E-state index in [9.17, 15) is 14.7 Å². The summed E-state index contributed by atoms with van der Waals surface area (Å²) in [5.41, 5.74) is 0.725. The molecule has 0 spiro atoms. The topological polar surface area (TPSA) is 101 Å². The van der Waals surface area contributed by atoms with Crippen LogP contribution in [0, 0.1) is 0 Å². The van der Waals surface area contributed by atoms with Gasteiger partial charge in [-0.15, -0.1) is 19.0 Å². The summed E-state index contributed by atoms with van der Waals surface area (Å²) in [7, 11) is 0. The number of fused-ring (bicyclic) bond motifs is 1. The molecule has 130 valence electrons. The first kappa shape index (κ1) is 19.5. The molecule has 0 saturated carbocycles. The SMILES string of the molecule is C=CCNCC(=O)c1ccc(O)c2[nH]c(OC(=O)OCC)cc12.Cl. The summed E-state index contributed by atoms with van der Waals surface area (Å²) >= 11 is 0. The highest BCUT2D eigenvalue weighted by Crippen LogP contribution is 2.31. The Morgan fingerprint density at radius 2 is 2.17 bits per heavy atom. The first-order valence-corrected chi connectivity index (χ1v) is 7.11. The molecule has 1 aromatic carbocycles. The lowest BCUT2D eigenvalue weighted by Crippen LogP contribution is -2.23. The molecule has 0 aliphatic carbocycles. The number of halogens is 1. The zero-order valence-electron chi connectivity index (χ0n) is 13.1. The highest BCUT2D eigenvalue weighted by molar-refractivity contribution is 6.10. The molecule has 0 aliphatic rings. The molecular formula is C16H19ClN2O5. The van der Waals surface area contributed by atoms with Crippen LogP contribution in [0.25, 0.3) is 10.9 Å². The number of carbonyl (C=O) groups is 2.